The number of benzene rings is 1. The fourth-order valence-electron chi connectivity index (χ4n) is 2.20. The molecule has 0 spiro atoms. The fourth-order valence-corrected chi connectivity index (χ4v) is 2.20. The van der Waals surface area contributed by atoms with Gasteiger partial charge in [-0.25, -0.2) is 0 Å². The molecule has 0 bridgehead atoms. The summed E-state index contributed by atoms with van der Waals surface area (Å²) in [4.78, 5) is 9.98. The number of pyridine rings is 1. The van der Waals surface area contributed by atoms with Crippen molar-refractivity contribution in [2.75, 3.05) is 14.1 Å². The molecule has 3 heteroatoms. The lowest BCUT2D eigenvalue weighted by Crippen LogP contribution is -2.11. The summed E-state index contributed by atoms with van der Waals surface area (Å²) in [6.07, 6.45) is 1.92. The maximum Gasteiger partial charge on any atom is 0.0651 e. The van der Waals surface area contributed by atoms with Gasteiger partial charge in [-0.3, -0.25) is 4.98 Å². The molecule has 1 N–H and O–H groups in total. The van der Waals surface area contributed by atoms with Crippen LogP contribution in [0.3, 0.4) is 0 Å². The molecule has 0 aliphatic heterocycles. The minimum Gasteiger partial charge on any atom is -0.353 e. The zero-order valence-electron chi connectivity index (χ0n) is 10.1. The first-order valence-electron chi connectivity index (χ1n) is 5.74. The Morgan fingerprint density at radius 1 is 1.12 bits per heavy atom. The largest absolute Gasteiger partial charge is 0.353 e. The Morgan fingerprint density at radius 2 is 1.94 bits per heavy atom. The molecule has 0 saturated carbocycles. The summed E-state index contributed by atoms with van der Waals surface area (Å²) < 4.78 is 0. The predicted molar refractivity (Wildman–Crippen MR) is 71.0 cm³/mol. The zero-order chi connectivity index (χ0) is 11.8. The van der Waals surface area contributed by atoms with E-state index in [2.05, 4.69) is 53.2 Å². The molecular formula is C14H15N3. The zero-order valence-corrected chi connectivity index (χ0v) is 10.1. The minimum atomic E-state index is 0.870. The van der Waals surface area contributed by atoms with Crippen molar-refractivity contribution in [3.8, 4) is 0 Å². The average Bonchev–Trinajstić information content (AvgIpc) is 2.66. The Morgan fingerprint density at radius 3 is 2.76 bits per heavy atom. The number of fused-ring (bicyclic) bond motifs is 3. The average molecular weight is 225 g/mol. The lowest BCUT2D eigenvalue weighted by molar-refractivity contribution is 0.397. The summed E-state index contributed by atoms with van der Waals surface area (Å²) in [5.41, 5.74) is 3.38. The van der Waals surface area contributed by atoms with Gasteiger partial charge in [0, 0.05) is 22.8 Å². The van der Waals surface area contributed by atoms with Crippen LogP contribution < -0.4 is 0 Å². The summed E-state index contributed by atoms with van der Waals surface area (Å²) in [7, 11) is 4.11. The van der Waals surface area contributed by atoms with Crippen LogP contribution in [0.5, 0.6) is 0 Å². The normalized spacial score (nSPS) is 11.7. The van der Waals surface area contributed by atoms with Crippen LogP contribution in [0.1, 0.15) is 5.69 Å². The van der Waals surface area contributed by atoms with Crippen LogP contribution in [0, 0.1) is 0 Å². The van der Waals surface area contributed by atoms with Crippen molar-refractivity contribution >= 4 is 21.8 Å². The van der Waals surface area contributed by atoms with E-state index in [9.17, 15) is 0 Å². The maximum absolute atomic E-state index is 4.47. The molecule has 2 aromatic heterocycles. The van der Waals surface area contributed by atoms with Gasteiger partial charge in [0.05, 0.1) is 17.4 Å². The molecule has 0 radical (unpaired) electrons. The third-order valence-corrected chi connectivity index (χ3v) is 2.93. The Balaban J connectivity index is 2.23. The Hall–Kier alpha value is -1.87. The molecule has 3 rings (SSSR count). The third kappa shape index (κ3) is 1.78. The van der Waals surface area contributed by atoms with Crippen LogP contribution >= 0.6 is 0 Å². The lowest BCUT2D eigenvalue weighted by Gasteiger charge is -2.08. The molecule has 0 unspecified atom stereocenters. The number of aromatic amines is 1. The van der Waals surface area contributed by atoms with Crippen molar-refractivity contribution in [3.63, 3.8) is 0 Å². The van der Waals surface area contributed by atoms with E-state index in [1.165, 1.54) is 16.3 Å². The topological polar surface area (TPSA) is 31.9 Å². The van der Waals surface area contributed by atoms with Gasteiger partial charge < -0.3 is 9.88 Å². The standard InChI is InChI=1S/C14H15N3/c1-17(2)9-10-7-12-11-5-3-4-6-13(11)16-14(12)8-15-10/h3-8,16H,9H2,1-2H3. The Labute approximate surface area is 100 Å². The van der Waals surface area contributed by atoms with Gasteiger partial charge in [-0.15, -0.1) is 0 Å². The van der Waals surface area contributed by atoms with Crippen LogP contribution in [0.15, 0.2) is 36.5 Å². The third-order valence-electron chi connectivity index (χ3n) is 2.93. The summed E-state index contributed by atoms with van der Waals surface area (Å²) in [6, 6.07) is 10.5. The van der Waals surface area contributed by atoms with Crippen molar-refractivity contribution in [2.24, 2.45) is 0 Å². The number of hydrogen-bond donors (Lipinski definition) is 1. The summed E-state index contributed by atoms with van der Waals surface area (Å²) in [5, 5.41) is 2.53. The molecule has 1 aromatic carbocycles. The molecule has 3 aromatic rings. The molecular weight excluding hydrogens is 210 g/mol. The first-order chi connectivity index (χ1) is 8.24. The molecule has 17 heavy (non-hydrogen) atoms. The highest BCUT2D eigenvalue weighted by atomic mass is 15.1. The molecule has 0 aliphatic rings. The summed E-state index contributed by atoms with van der Waals surface area (Å²) >= 11 is 0. The van der Waals surface area contributed by atoms with Crippen molar-refractivity contribution in [2.45, 2.75) is 6.54 Å². The number of aromatic nitrogens is 2. The summed E-state index contributed by atoms with van der Waals surface area (Å²) in [5.74, 6) is 0. The molecule has 0 saturated heterocycles. The predicted octanol–water partition coefficient (Wildman–Crippen LogP) is 2.78. The van der Waals surface area contributed by atoms with Crippen LogP contribution in [0.25, 0.3) is 21.8 Å². The van der Waals surface area contributed by atoms with Crippen LogP contribution in [-0.2, 0) is 6.54 Å². The molecule has 86 valence electrons. The number of nitrogens with one attached hydrogen (secondary N) is 1. The van der Waals surface area contributed by atoms with E-state index in [1.54, 1.807) is 0 Å². The molecule has 2 heterocycles. The highest BCUT2D eigenvalue weighted by Crippen LogP contribution is 2.25. The molecule has 0 aliphatic carbocycles. The van der Waals surface area contributed by atoms with Crippen molar-refractivity contribution < 1.29 is 0 Å². The van der Waals surface area contributed by atoms with Crippen LogP contribution in [-0.4, -0.2) is 29.0 Å². The monoisotopic (exact) mass is 225 g/mol. The van der Waals surface area contributed by atoms with Gasteiger partial charge in [0.1, 0.15) is 0 Å². The number of para-hydroxylation sites is 1. The van der Waals surface area contributed by atoms with E-state index in [-0.39, 0.29) is 0 Å². The van der Waals surface area contributed by atoms with E-state index in [0.717, 1.165) is 17.8 Å². The smallest absolute Gasteiger partial charge is 0.0651 e. The highest BCUT2D eigenvalue weighted by Gasteiger charge is 2.05. The lowest BCUT2D eigenvalue weighted by atomic mass is 10.1. The summed E-state index contributed by atoms with van der Waals surface area (Å²) in [6.45, 7) is 0.870. The second-order valence-corrected chi connectivity index (χ2v) is 4.63. The first-order valence-corrected chi connectivity index (χ1v) is 5.74. The second-order valence-electron chi connectivity index (χ2n) is 4.63. The van der Waals surface area contributed by atoms with Crippen molar-refractivity contribution in [1.82, 2.24) is 14.9 Å². The van der Waals surface area contributed by atoms with E-state index in [1.807, 2.05) is 12.3 Å². The van der Waals surface area contributed by atoms with E-state index < -0.39 is 0 Å². The van der Waals surface area contributed by atoms with E-state index >= 15 is 0 Å². The van der Waals surface area contributed by atoms with Gasteiger partial charge in [-0.05, 0) is 26.2 Å². The highest BCUT2D eigenvalue weighted by molar-refractivity contribution is 6.06. The van der Waals surface area contributed by atoms with Gasteiger partial charge in [0.2, 0.25) is 0 Å². The number of hydrogen-bond acceptors (Lipinski definition) is 2. The molecule has 0 fully saturated rings. The number of nitrogens with zero attached hydrogens (tertiary/aromatic N) is 2. The van der Waals surface area contributed by atoms with Crippen LogP contribution in [0.4, 0.5) is 0 Å². The van der Waals surface area contributed by atoms with Gasteiger partial charge in [-0.1, -0.05) is 18.2 Å². The maximum atomic E-state index is 4.47. The van der Waals surface area contributed by atoms with Crippen molar-refractivity contribution in [1.29, 1.82) is 0 Å². The molecule has 0 amide bonds. The van der Waals surface area contributed by atoms with Crippen molar-refractivity contribution in [3.05, 3.63) is 42.2 Å². The van der Waals surface area contributed by atoms with E-state index in [0.29, 0.717) is 0 Å². The Kier molecular flexibility index (Phi) is 2.34. The van der Waals surface area contributed by atoms with Crippen LogP contribution in [0.2, 0.25) is 0 Å². The van der Waals surface area contributed by atoms with Gasteiger partial charge in [-0.2, -0.15) is 0 Å². The SMILES string of the molecule is CN(C)Cc1cc2c(cn1)[nH]c1ccccc12. The Bertz CT molecular complexity index is 667. The minimum absolute atomic E-state index is 0.870. The molecule has 3 nitrogen and oxygen atoms in total. The van der Waals surface area contributed by atoms with E-state index in [4.69, 9.17) is 0 Å². The molecule has 0 atom stereocenters. The first kappa shape index (κ1) is 10.3. The van der Waals surface area contributed by atoms with Gasteiger partial charge in [0.15, 0.2) is 0 Å². The number of rotatable bonds is 2. The van der Waals surface area contributed by atoms with Gasteiger partial charge >= 0.3 is 0 Å². The number of H-pyrrole nitrogens is 1. The second kappa shape index (κ2) is 3.86. The quantitative estimate of drug-likeness (QED) is 0.727. The fraction of sp³-hybridized carbons (Fsp3) is 0.214. The van der Waals surface area contributed by atoms with Gasteiger partial charge in [0.25, 0.3) is 0 Å².